The molecule has 110 valence electrons. The van der Waals surface area contributed by atoms with Gasteiger partial charge in [-0.1, -0.05) is 29.3 Å². The standard InChI is InChI=1S/C11H16Cl2N2O2S.ClH/c1-8(6-14)15(2)18(16,17)7-9-10(12)4-3-5-11(9)13;/h3-5,8H,6-7,14H2,1-2H3;1H. The zero-order valence-corrected chi connectivity index (χ0v) is 13.8. The average molecular weight is 348 g/mol. The molecule has 0 aliphatic heterocycles. The van der Waals surface area contributed by atoms with Crippen LogP contribution in [0.1, 0.15) is 12.5 Å². The Hall–Kier alpha value is -0.0400. The molecule has 0 saturated carbocycles. The van der Waals surface area contributed by atoms with Gasteiger partial charge in [-0.3, -0.25) is 0 Å². The number of likely N-dealkylation sites (N-methyl/N-ethyl adjacent to an activating group) is 1. The quantitative estimate of drug-likeness (QED) is 0.890. The molecule has 0 amide bonds. The van der Waals surface area contributed by atoms with Gasteiger partial charge in [-0.25, -0.2) is 12.7 Å². The summed E-state index contributed by atoms with van der Waals surface area (Å²) in [5.74, 6) is -0.230. The molecule has 1 aromatic carbocycles. The van der Waals surface area contributed by atoms with Gasteiger partial charge in [0, 0.05) is 35.2 Å². The second-order valence-electron chi connectivity index (χ2n) is 4.06. The van der Waals surface area contributed by atoms with Crippen molar-refractivity contribution in [2.75, 3.05) is 13.6 Å². The Morgan fingerprint density at radius 3 is 2.21 bits per heavy atom. The van der Waals surface area contributed by atoms with Crippen LogP contribution in [0.15, 0.2) is 18.2 Å². The molecule has 0 radical (unpaired) electrons. The van der Waals surface area contributed by atoms with Gasteiger partial charge in [-0.2, -0.15) is 0 Å². The van der Waals surface area contributed by atoms with Crippen LogP contribution in [0.5, 0.6) is 0 Å². The van der Waals surface area contributed by atoms with Crippen LogP contribution in [-0.4, -0.2) is 32.4 Å². The van der Waals surface area contributed by atoms with E-state index in [9.17, 15) is 8.42 Å². The van der Waals surface area contributed by atoms with Gasteiger partial charge in [0.1, 0.15) is 0 Å². The first-order valence-electron chi connectivity index (χ1n) is 5.38. The van der Waals surface area contributed by atoms with Crippen molar-refractivity contribution < 1.29 is 8.42 Å². The first kappa shape index (κ1) is 19.0. The Morgan fingerprint density at radius 1 is 1.32 bits per heavy atom. The van der Waals surface area contributed by atoms with E-state index in [0.29, 0.717) is 15.6 Å². The van der Waals surface area contributed by atoms with Gasteiger partial charge in [-0.05, 0) is 19.1 Å². The van der Waals surface area contributed by atoms with E-state index >= 15 is 0 Å². The molecule has 8 heteroatoms. The van der Waals surface area contributed by atoms with E-state index < -0.39 is 10.0 Å². The van der Waals surface area contributed by atoms with E-state index in [1.165, 1.54) is 11.4 Å². The van der Waals surface area contributed by atoms with Gasteiger partial charge in [-0.15, -0.1) is 12.4 Å². The summed E-state index contributed by atoms with van der Waals surface area (Å²) in [6.45, 7) is 2.00. The Balaban J connectivity index is 0.00000324. The normalized spacial score (nSPS) is 13.2. The van der Waals surface area contributed by atoms with Crippen LogP contribution in [0.25, 0.3) is 0 Å². The largest absolute Gasteiger partial charge is 0.329 e. The summed E-state index contributed by atoms with van der Waals surface area (Å²) in [7, 11) is -1.99. The molecule has 1 atom stereocenters. The Morgan fingerprint density at radius 2 is 1.79 bits per heavy atom. The fourth-order valence-electron chi connectivity index (χ4n) is 1.38. The van der Waals surface area contributed by atoms with E-state index in [-0.39, 0.29) is 30.7 Å². The maximum atomic E-state index is 12.2. The second kappa shape index (κ2) is 7.67. The monoisotopic (exact) mass is 346 g/mol. The highest BCUT2D eigenvalue weighted by molar-refractivity contribution is 7.88. The van der Waals surface area contributed by atoms with Crippen molar-refractivity contribution in [3.8, 4) is 0 Å². The fourth-order valence-corrected chi connectivity index (χ4v) is 3.58. The van der Waals surface area contributed by atoms with E-state index in [1.54, 1.807) is 25.1 Å². The number of nitrogens with zero attached hydrogens (tertiary/aromatic N) is 1. The maximum absolute atomic E-state index is 12.2. The summed E-state index contributed by atoms with van der Waals surface area (Å²) < 4.78 is 25.6. The molecule has 2 N–H and O–H groups in total. The van der Waals surface area contributed by atoms with Crippen LogP contribution in [0.3, 0.4) is 0 Å². The number of benzene rings is 1. The summed E-state index contributed by atoms with van der Waals surface area (Å²) >= 11 is 11.9. The van der Waals surface area contributed by atoms with Gasteiger partial charge < -0.3 is 5.73 Å². The molecule has 0 aromatic heterocycles. The van der Waals surface area contributed by atoms with Crippen LogP contribution in [-0.2, 0) is 15.8 Å². The predicted molar refractivity (Wildman–Crippen MR) is 82.6 cm³/mol. The number of hydrogen-bond acceptors (Lipinski definition) is 3. The summed E-state index contributed by atoms with van der Waals surface area (Å²) in [6, 6.07) is 4.64. The lowest BCUT2D eigenvalue weighted by molar-refractivity contribution is 0.394. The third-order valence-electron chi connectivity index (χ3n) is 2.79. The number of rotatable bonds is 5. The van der Waals surface area contributed by atoms with Gasteiger partial charge in [0.15, 0.2) is 0 Å². The lowest BCUT2D eigenvalue weighted by atomic mass is 10.2. The van der Waals surface area contributed by atoms with Crippen molar-refractivity contribution in [1.82, 2.24) is 4.31 Å². The highest BCUT2D eigenvalue weighted by atomic mass is 35.5. The molecule has 19 heavy (non-hydrogen) atoms. The summed E-state index contributed by atoms with van der Waals surface area (Å²) in [6.07, 6.45) is 0. The Bertz CT molecular complexity index is 502. The van der Waals surface area contributed by atoms with E-state index in [4.69, 9.17) is 28.9 Å². The molecular weight excluding hydrogens is 331 g/mol. The lowest BCUT2D eigenvalue weighted by Crippen LogP contribution is -2.40. The second-order valence-corrected chi connectivity index (χ2v) is 6.90. The minimum atomic E-state index is -3.49. The van der Waals surface area contributed by atoms with Crippen molar-refractivity contribution in [1.29, 1.82) is 0 Å². The molecule has 0 fully saturated rings. The topological polar surface area (TPSA) is 63.4 Å². The zero-order valence-electron chi connectivity index (χ0n) is 10.6. The van der Waals surface area contributed by atoms with Gasteiger partial charge >= 0.3 is 0 Å². The minimum Gasteiger partial charge on any atom is -0.329 e. The van der Waals surface area contributed by atoms with E-state index in [0.717, 1.165) is 0 Å². The van der Waals surface area contributed by atoms with Crippen molar-refractivity contribution in [3.63, 3.8) is 0 Å². The van der Waals surface area contributed by atoms with Crippen molar-refractivity contribution >= 4 is 45.6 Å². The number of hydrogen-bond donors (Lipinski definition) is 1. The molecule has 0 heterocycles. The van der Waals surface area contributed by atoms with Crippen LogP contribution in [0, 0.1) is 0 Å². The third-order valence-corrected chi connectivity index (χ3v) is 5.39. The first-order chi connectivity index (χ1) is 8.29. The highest BCUT2D eigenvalue weighted by Gasteiger charge is 2.24. The highest BCUT2D eigenvalue weighted by Crippen LogP contribution is 2.27. The summed E-state index contributed by atoms with van der Waals surface area (Å²) in [4.78, 5) is 0. The molecule has 1 unspecified atom stereocenters. The van der Waals surface area contributed by atoms with E-state index in [1.807, 2.05) is 0 Å². The smallest absolute Gasteiger partial charge is 0.218 e. The first-order valence-corrected chi connectivity index (χ1v) is 7.74. The summed E-state index contributed by atoms with van der Waals surface area (Å²) in [5.41, 5.74) is 5.88. The molecule has 0 aliphatic rings. The van der Waals surface area contributed by atoms with Crippen LogP contribution in [0.2, 0.25) is 10.0 Å². The molecule has 0 bridgehead atoms. The van der Waals surface area contributed by atoms with Gasteiger partial charge in [0.05, 0.1) is 5.75 Å². The minimum absolute atomic E-state index is 0. The Labute approximate surface area is 130 Å². The molecule has 0 saturated heterocycles. The van der Waals surface area contributed by atoms with Crippen LogP contribution < -0.4 is 5.73 Å². The van der Waals surface area contributed by atoms with E-state index in [2.05, 4.69) is 0 Å². The SMILES string of the molecule is CC(CN)N(C)S(=O)(=O)Cc1c(Cl)cccc1Cl.Cl. The molecular formula is C11H17Cl3N2O2S. The number of halogens is 3. The zero-order chi connectivity index (χ0) is 13.9. The van der Waals surface area contributed by atoms with Crippen molar-refractivity contribution in [3.05, 3.63) is 33.8 Å². The third kappa shape index (κ3) is 4.77. The molecule has 0 spiro atoms. The van der Waals surface area contributed by atoms with Crippen LogP contribution in [0.4, 0.5) is 0 Å². The van der Waals surface area contributed by atoms with Crippen molar-refractivity contribution in [2.24, 2.45) is 5.73 Å². The maximum Gasteiger partial charge on any atom is 0.218 e. The summed E-state index contributed by atoms with van der Waals surface area (Å²) in [5, 5.41) is 0.694. The molecule has 4 nitrogen and oxygen atoms in total. The Kier molecular flexibility index (Phi) is 7.65. The average Bonchev–Trinajstić information content (AvgIpc) is 2.32. The number of sulfonamides is 1. The van der Waals surface area contributed by atoms with Crippen molar-refractivity contribution in [2.45, 2.75) is 18.7 Å². The van der Waals surface area contributed by atoms with Gasteiger partial charge in [0.25, 0.3) is 0 Å². The fraction of sp³-hybridized carbons (Fsp3) is 0.455. The van der Waals surface area contributed by atoms with Crippen LogP contribution >= 0.6 is 35.6 Å². The predicted octanol–water partition coefficient (Wildman–Crippen LogP) is 2.52. The molecule has 1 rings (SSSR count). The molecule has 0 aliphatic carbocycles. The molecule has 1 aromatic rings. The van der Waals surface area contributed by atoms with Gasteiger partial charge in [0.2, 0.25) is 10.0 Å². The number of nitrogens with two attached hydrogens (primary N) is 1. The lowest BCUT2D eigenvalue weighted by Gasteiger charge is -2.23.